The van der Waals surface area contributed by atoms with Crippen LogP contribution in [0.25, 0.3) is 0 Å². The maximum atomic E-state index is 14.2. The third-order valence-electron chi connectivity index (χ3n) is 5.24. The number of anilines is 3. The molecule has 4 aromatic rings. The summed E-state index contributed by atoms with van der Waals surface area (Å²) in [6.07, 6.45) is 0. The van der Waals surface area contributed by atoms with Crippen LogP contribution in [0.5, 0.6) is 11.5 Å². The van der Waals surface area contributed by atoms with Gasteiger partial charge in [-0.15, -0.1) is 0 Å². The zero-order valence-corrected chi connectivity index (χ0v) is 16.6. The predicted octanol–water partition coefficient (Wildman–Crippen LogP) is 7.19. The molecule has 0 aromatic heterocycles. The van der Waals surface area contributed by atoms with Crippen LogP contribution >= 0.6 is 0 Å². The summed E-state index contributed by atoms with van der Waals surface area (Å²) < 4.78 is 75.0. The molecule has 5 rings (SSSR count). The average molecular weight is 453 g/mol. The summed E-state index contributed by atoms with van der Waals surface area (Å²) in [6, 6.07) is 19.9. The molecule has 0 fully saturated rings. The Balaban J connectivity index is 1.65. The van der Waals surface area contributed by atoms with Gasteiger partial charge in [0.2, 0.25) is 5.82 Å². The standard InChI is InChI=1S/C25H12F5NO2/c26-20-19(21(27)23(29)24(30)22(20)28)25(32)13-6-5-7-14(12-13)31-15-8-1-3-10-17(15)33-18-11-4-2-9-16(18)31/h1-12H. The predicted molar refractivity (Wildman–Crippen MR) is 111 cm³/mol. The van der Waals surface area contributed by atoms with Crippen molar-refractivity contribution in [1.82, 2.24) is 0 Å². The van der Waals surface area contributed by atoms with E-state index in [9.17, 15) is 26.7 Å². The second-order valence-corrected chi connectivity index (χ2v) is 7.20. The molecule has 0 radical (unpaired) electrons. The molecule has 0 bridgehead atoms. The topological polar surface area (TPSA) is 29.5 Å². The first-order valence-electron chi connectivity index (χ1n) is 9.70. The van der Waals surface area contributed by atoms with Crippen molar-refractivity contribution < 1.29 is 31.5 Å². The Kier molecular flexibility index (Phi) is 4.85. The highest BCUT2D eigenvalue weighted by molar-refractivity contribution is 6.10. The van der Waals surface area contributed by atoms with E-state index in [2.05, 4.69) is 0 Å². The SMILES string of the molecule is O=C(c1cccc(N2c3ccccc3Oc3ccccc32)c1)c1c(F)c(F)c(F)c(F)c1F. The number of rotatable bonds is 3. The Hall–Kier alpha value is -4.20. The number of carbonyl (C=O) groups is 1. The van der Waals surface area contributed by atoms with Gasteiger partial charge in [-0.2, -0.15) is 0 Å². The molecule has 164 valence electrons. The third-order valence-corrected chi connectivity index (χ3v) is 5.24. The highest BCUT2D eigenvalue weighted by Crippen LogP contribution is 2.50. The number of fused-ring (bicyclic) bond motifs is 2. The molecule has 0 saturated heterocycles. The molecule has 8 heteroatoms. The van der Waals surface area contributed by atoms with Crippen LogP contribution in [-0.2, 0) is 0 Å². The number of ether oxygens (including phenoxy) is 1. The first-order valence-corrected chi connectivity index (χ1v) is 9.70. The molecule has 0 unspecified atom stereocenters. The lowest BCUT2D eigenvalue weighted by Gasteiger charge is -2.32. The van der Waals surface area contributed by atoms with Crippen molar-refractivity contribution in [2.75, 3.05) is 4.90 Å². The first-order chi connectivity index (χ1) is 15.9. The minimum atomic E-state index is -2.32. The fourth-order valence-corrected chi connectivity index (χ4v) is 3.72. The van der Waals surface area contributed by atoms with Crippen LogP contribution < -0.4 is 9.64 Å². The smallest absolute Gasteiger partial charge is 0.200 e. The quantitative estimate of drug-likeness (QED) is 0.125. The Morgan fingerprint density at radius 2 is 1.15 bits per heavy atom. The van der Waals surface area contributed by atoms with E-state index < -0.39 is 40.4 Å². The lowest BCUT2D eigenvalue weighted by atomic mass is 10.00. The zero-order valence-electron chi connectivity index (χ0n) is 16.6. The van der Waals surface area contributed by atoms with Gasteiger partial charge in [0, 0.05) is 11.3 Å². The number of halogens is 5. The summed E-state index contributed by atoms with van der Waals surface area (Å²) in [5, 5.41) is 0. The number of carbonyl (C=O) groups excluding carboxylic acids is 1. The molecule has 0 amide bonds. The second-order valence-electron chi connectivity index (χ2n) is 7.20. The molecule has 1 heterocycles. The summed E-state index contributed by atoms with van der Waals surface area (Å²) >= 11 is 0. The summed E-state index contributed by atoms with van der Waals surface area (Å²) in [5.41, 5.74) is -0.0644. The highest BCUT2D eigenvalue weighted by Gasteiger charge is 2.31. The van der Waals surface area contributed by atoms with Gasteiger partial charge in [-0.25, -0.2) is 22.0 Å². The molecular weight excluding hydrogens is 441 g/mol. The van der Waals surface area contributed by atoms with Gasteiger partial charge >= 0.3 is 0 Å². The van der Waals surface area contributed by atoms with Crippen LogP contribution in [0.1, 0.15) is 15.9 Å². The average Bonchev–Trinajstić information content (AvgIpc) is 2.85. The molecular formula is C25H12F5NO2. The van der Waals surface area contributed by atoms with Crippen molar-refractivity contribution >= 4 is 22.8 Å². The maximum absolute atomic E-state index is 14.2. The first kappa shape index (κ1) is 20.7. The molecule has 1 aliphatic heterocycles. The van der Waals surface area contributed by atoms with Crippen molar-refractivity contribution in [3.63, 3.8) is 0 Å². The Morgan fingerprint density at radius 1 is 0.636 bits per heavy atom. The van der Waals surface area contributed by atoms with Gasteiger partial charge in [0.1, 0.15) is 5.56 Å². The van der Waals surface area contributed by atoms with Crippen LogP contribution in [0.2, 0.25) is 0 Å². The normalized spacial score (nSPS) is 12.1. The third kappa shape index (κ3) is 3.22. The number of hydrogen-bond acceptors (Lipinski definition) is 3. The Morgan fingerprint density at radius 3 is 1.73 bits per heavy atom. The summed E-state index contributed by atoms with van der Waals surface area (Å²) in [7, 11) is 0. The van der Waals surface area contributed by atoms with E-state index in [-0.39, 0.29) is 5.56 Å². The van der Waals surface area contributed by atoms with Gasteiger partial charge in [-0.05, 0) is 36.4 Å². The number of nitrogens with zero attached hydrogens (tertiary/aromatic N) is 1. The van der Waals surface area contributed by atoms with Crippen molar-refractivity contribution in [1.29, 1.82) is 0 Å². The number of ketones is 1. The van der Waals surface area contributed by atoms with Gasteiger partial charge in [-0.1, -0.05) is 36.4 Å². The van der Waals surface area contributed by atoms with E-state index in [1.54, 1.807) is 59.5 Å². The molecule has 1 aliphatic rings. The van der Waals surface area contributed by atoms with Crippen molar-refractivity contribution in [3.05, 3.63) is 113 Å². The number of benzene rings is 4. The van der Waals surface area contributed by atoms with Crippen molar-refractivity contribution in [2.24, 2.45) is 0 Å². The van der Waals surface area contributed by atoms with Crippen LogP contribution in [0, 0.1) is 29.1 Å². The number of hydrogen-bond donors (Lipinski definition) is 0. The van der Waals surface area contributed by atoms with E-state index in [0.29, 0.717) is 28.6 Å². The van der Waals surface area contributed by atoms with Crippen molar-refractivity contribution in [2.45, 2.75) is 0 Å². The maximum Gasteiger partial charge on any atom is 0.200 e. The summed E-state index contributed by atoms with van der Waals surface area (Å²) in [6.45, 7) is 0. The van der Waals surface area contributed by atoms with Gasteiger partial charge in [0.25, 0.3) is 0 Å². The molecule has 3 nitrogen and oxygen atoms in total. The fourth-order valence-electron chi connectivity index (χ4n) is 3.72. The number of para-hydroxylation sites is 4. The van der Waals surface area contributed by atoms with Crippen LogP contribution in [-0.4, -0.2) is 5.78 Å². The monoisotopic (exact) mass is 453 g/mol. The molecule has 0 N–H and O–H groups in total. The lowest BCUT2D eigenvalue weighted by Crippen LogP contribution is -2.17. The fraction of sp³-hybridized carbons (Fsp3) is 0. The largest absolute Gasteiger partial charge is 0.453 e. The Bertz CT molecular complexity index is 1360. The molecule has 33 heavy (non-hydrogen) atoms. The van der Waals surface area contributed by atoms with Crippen LogP contribution in [0.15, 0.2) is 72.8 Å². The minimum Gasteiger partial charge on any atom is -0.453 e. The van der Waals surface area contributed by atoms with Gasteiger partial charge in [0.15, 0.2) is 40.6 Å². The van der Waals surface area contributed by atoms with E-state index >= 15 is 0 Å². The van der Waals surface area contributed by atoms with Crippen molar-refractivity contribution in [3.8, 4) is 11.5 Å². The van der Waals surface area contributed by atoms with Gasteiger partial charge < -0.3 is 9.64 Å². The summed E-state index contributed by atoms with van der Waals surface area (Å²) in [5.74, 6) is -11.3. The Labute approximate surface area is 184 Å². The van der Waals surface area contributed by atoms with E-state index in [4.69, 9.17) is 4.74 Å². The molecule has 4 aromatic carbocycles. The summed E-state index contributed by atoms with van der Waals surface area (Å²) in [4.78, 5) is 14.6. The molecule has 0 spiro atoms. The van der Waals surface area contributed by atoms with Gasteiger partial charge in [-0.3, -0.25) is 4.79 Å². The zero-order chi connectivity index (χ0) is 23.3. The van der Waals surface area contributed by atoms with E-state index in [0.717, 1.165) is 0 Å². The van der Waals surface area contributed by atoms with E-state index in [1.807, 2.05) is 0 Å². The second kappa shape index (κ2) is 7.74. The molecule has 0 aliphatic carbocycles. The lowest BCUT2D eigenvalue weighted by molar-refractivity contribution is 0.102. The molecule has 0 atom stereocenters. The van der Waals surface area contributed by atoms with Gasteiger partial charge in [0.05, 0.1) is 11.4 Å². The minimum absolute atomic E-state index is 0.253. The highest BCUT2D eigenvalue weighted by atomic mass is 19.2. The van der Waals surface area contributed by atoms with Crippen LogP contribution in [0.4, 0.5) is 39.0 Å². The molecule has 0 saturated carbocycles. The van der Waals surface area contributed by atoms with E-state index in [1.165, 1.54) is 18.2 Å². The van der Waals surface area contributed by atoms with Crippen LogP contribution in [0.3, 0.4) is 0 Å².